The Labute approximate surface area is 137 Å². The minimum absolute atomic E-state index is 0.0982. The van der Waals surface area contributed by atoms with E-state index in [2.05, 4.69) is 24.1 Å². The van der Waals surface area contributed by atoms with Crippen molar-refractivity contribution in [3.8, 4) is 0 Å². The van der Waals surface area contributed by atoms with Crippen molar-refractivity contribution in [2.75, 3.05) is 26.2 Å². The highest BCUT2D eigenvalue weighted by Gasteiger charge is 2.25. The van der Waals surface area contributed by atoms with Crippen LogP contribution in [-0.2, 0) is 6.54 Å². The van der Waals surface area contributed by atoms with E-state index >= 15 is 0 Å². The van der Waals surface area contributed by atoms with Crippen LogP contribution in [-0.4, -0.2) is 40.6 Å². The molecule has 5 heteroatoms. The molecule has 0 radical (unpaired) electrons. The molecule has 0 amide bonds. The molecule has 3 rings (SSSR count). The van der Waals surface area contributed by atoms with E-state index < -0.39 is 0 Å². The van der Waals surface area contributed by atoms with E-state index in [1.165, 1.54) is 0 Å². The summed E-state index contributed by atoms with van der Waals surface area (Å²) >= 11 is 0. The molecule has 2 aromatic rings. The van der Waals surface area contributed by atoms with Crippen LogP contribution in [0.3, 0.4) is 0 Å². The molecule has 23 heavy (non-hydrogen) atoms. The van der Waals surface area contributed by atoms with Crippen LogP contribution in [0.1, 0.15) is 38.6 Å². The van der Waals surface area contributed by atoms with Crippen molar-refractivity contribution in [1.82, 2.24) is 19.8 Å². The minimum Gasteiger partial charge on any atom is -0.314 e. The third-order valence-corrected chi connectivity index (χ3v) is 4.62. The third kappa shape index (κ3) is 3.16. The standard InChI is InChI=1S/C18H26N4O/c1-3-11-22-17(16(4-2)21-12-9-19-10-13-21)20-15-8-6-5-7-14(15)18(22)23/h5-8,16,19H,3-4,9-13H2,1-2H3. The van der Waals surface area contributed by atoms with Gasteiger partial charge >= 0.3 is 0 Å². The van der Waals surface area contributed by atoms with Crippen LogP contribution in [0.5, 0.6) is 0 Å². The van der Waals surface area contributed by atoms with Crippen molar-refractivity contribution in [1.29, 1.82) is 0 Å². The molecule has 1 aliphatic rings. The second kappa shape index (κ2) is 7.23. The number of hydrogen-bond acceptors (Lipinski definition) is 4. The molecule has 1 saturated heterocycles. The molecule has 1 aliphatic heterocycles. The van der Waals surface area contributed by atoms with Gasteiger partial charge in [0.15, 0.2) is 0 Å². The van der Waals surface area contributed by atoms with E-state index in [1.807, 2.05) is 28.8 Å². The highest BCUT2D eigenvalue weighted by Crippen LogP contribution is 2.24. The number of hydrogen-bond donors (Lipinski definition) is 1. The summed E-state index contributed by atoms with van der Waals surface area (Å²) in [4.78, 5) is 20.3. The summed E-state index contributed by atoms with van der Waals surface area (Å²) in [5.74, 6) is 0.931. The van der Waals surface area contributed by atoms with Gasteiger partial charge in [-0.05, 0) is 25.0 Å². The van der Waals surface area contributed by atoms with Gasteiger partial charge < -0.3 is 5.32 Å². The molecule has 0 spiro atoms. The highest BCUT2D eigenvalue weighted by atomic mass is 16.1. The lowest BCUT2D eigenvalue weighted by Gasteiger charge is -2.35. The van der Waals surface area contributed by atoms with Crippen molar-refractivity contribution < 1.29 is 0 Å². The highest BCUT2D eigenvalue weighted by molar-refractivity contribution is 5.77. The molecule has 2 heterocycles. The molecule has 0 aliphatic carbocycles. The summed E-state index contributed by atoms with van der Waals surface area (Å²) in [6.07, 6.45) is 1.90. The molecule has 1 aromatic heterocycles. The molecular weight excluding hydrogens is 288 g/mol. The van der Waals surface area contributed by atoms with E-state index in [0.717, 1.165) is 62.3 Å². The monoisotopic (exact) mass is 314 g/mol. The number of nitrogens with one attached hydrogen (secondary N) is 1. The molecule has 5 nitrogen and oxygen atoms in total. The maximum Gasteiger partial charge on any atom is 0.261 e. The lowest BCUT2D eigenvalue weighted by molar-refractivity contribution is 0.158. The number of rotatable bonds is 5. The van der Waals surface area contributed by atoms with Gasteiger partial charge in [-0.25, -0.2) is 4.98 Å². The quantitative estimate of drug-likeness (QED) is 0.919. The molecule has 1 aromatic carbocycles. The summed E-state index contributed by atoms with van der Waals surface area (Å²) in [5.41, 5.74) is 0.912. The largest absolute Gasteiger partial charge is 0.314 e. The van der Waals surface area contributed by atoms with Gasteiger partial charge in [-0.2, -0.15) is 0 Å². The number of piperazine rings is 1. The molecule has 1 fully saturated rings. The second-order valence-electron chi connectivity index (χ2n) is 6.15. The lowest BCUT2D eigenvalue weighted by Crippen LogP contribution is -2.46. The van der Waals surface area contributed by atoms with E-state index in [-0.39, 0.29) is 11.6 Å². The van der Waals surface area contributed by atoms with Gasteiger partial charge in [-0.1, -0.05) is 26.0 Å². The Morgan fingerprint density at radius 3 is 2.65 bits per heavy atom. The van der Waals surface area contributed by atoms with Gasteiger partial charge in [0.05, 0.1) is 16.9 Å². The van der Waals surface area contributed by atoms with Crippen molar-refractivity contribution in [2.24, 2.45) is 0 Å². The summed E-state index contributed by atoms with van der Waals surface area (Å²) in [5, 5.41) is 4.12. The van der Waals surface area contributed by atoms with Gasteiger partial charge in [-0.15, -0.1) is 0 Å². The third-order valence-electron chi connectivity index (χ3n) is 4.62. The van der Waals surface area contributed by atoms with Crippen LogP contribution in [0.4, 0.5) is 0 Å². The zero-order valence-electron chi connectivity index (χ0n) is 14.1. The second-order valence-corrected chi connectivity index (χ2v) is 6.15. The van der Waals surface area contributed by atoms with Crippen molar-refractivity contribution >= 4 is 10.9 Å². The van der Waals surface area contributed by atoms with E-state index in [1.54, 1.807) is 0 Å². The Bertz CT molecular complexity index is 719. The zero-order chi connectivity index (χ0) is 16.2. The molecule has 1 atom stereocenters. The van der Waals surface area contributed by atoms with Crippen molar-refractivity contribution in [3.63, 3.8) is 0 Å². The van der Waals surface area contributed by atoms with Gasteiger partial charge in [0, 0.05) is 32.7 Å². The molecule has 124 valence electrons. The average Bonchev–Trinajstić information content (AvgIpc) is 2.60. The number of nitrogens with zero attached hydrogens (tertiary/aromatic N) is 3. The molecule has 0 bridgehead atoms. The molecule has 1 N–H and O–H groups in total. The predicted octanol–water partition coefficient (Wildman–Crippen LogP) is 2.16. The molecule has 0 saturated carbocycles. The summed E-state index contributed by atoms with van der Waals surface area (Å²) in [6.45, 7) is 9.04. The first kappa shape index (κ1) is 16.1. The Morgan fingerprint density at radius 1 is 1.22 bits per heavy atom. The number of para-hydroxylation sites is 1. The fourth-order valence-electron chi connectivity index (χ4n) is 3.48. The molecule has 1 unspecified atom stereocenters. The predicted molar refractivity (Wildman–Crippen MR) is 93.8 cm³/mol. The van der Waals surface area contributed by atoms with Crippen LogP contribution in [0.2, 0.25) is 0 Å². The van der Waals surface area contributed by atoms with Gasteiger partial charge in [-0.3, -0.25) is 14.3 Å². The summed E-state index contributed by atoms with van der Waals surface area (Å²) in [7, 11) is 0. The Kier molecular flexibility index (Phi) is 5.08. The Balaban J connectivity index is 2.13. The summed E-state index contributed by atoms with van der Waals surface area (Å²) < 4.78 is 1.90. The van der Waals surface area contributed by atoms with Crippen molar-refractivity contribution in [3.05, 3.63) is 40.4 Å². The summed E-state index contributed by atoms with van der Waals surface area (Å²) in [6, 6.07) is 7.90. The van der Waals surface area contributed by atoms with Crippen molar-refractivity contribution in [2.45, 2.75) is 39.3 Å². The smallest absolute Gasteiger partial charge is 0.261 e. The SMILES string of the molecule is CCCn1c(C(CC)N2CCNCC2)nc2ccccc2c1=O. The van der Waals surface area contributed by atoms with Gasteiger partial charge in [0.2, 0.25) is 0 Å². The average molecular weight is 314 g/mol. The fraction of sp³-hybridized carbons (Fsp3) is 0.556. The maximum atomic E-state index is 12.9. The van der Waals surface area contributed by atoms with Gasteiger partial charge in [0.25, 0.3) is 5.56 Å². The lowest BCUT2D eigenvalue weighted by atomic mass is 10.1. The first-order valence-corrected chi connectivity index (χ1v) is 8.70. The van der Waals surface area contributed by atoms with Crippen LogP contribution in [0.15, 0.2) is 29.1 Å². The number of fused-ring (bicyclic) bond motifs is 1. The van der Waals surface area contributed by atoms with Crippen LogP contribution < -0.4 is 10.9 Å². The van der Waals surface area contributed by atoms with Gasteiger partial charge in [0.1, 0.15) is 5.82 Å². The molecular formula is C18H26N4O. The first-order chi connectivity index (χ1) is 11.3. The fourth-order valence-corrected chi connectivity index (χ4v) is 3.48. The number of benzene rings is 1. The maximum absolute atomic E-state index is 12.9. The van der Waals surface area contributed by atoms with E-state index in [0.29, 0.717) is 0 Å². The van der Waals surface area contributed by atoms with Crippen LogP contribution in [0, 0.1) is 0 Å². The van der Waals surface area contributed by atoms with Crippen LogP contribution in [0.25, 0.3) is 10.9 Å². The Morgan fingerprint density at radius 2 is 1.96 bits per heavy atom. The zero-order valence-corrected chi connectivity index (χ0v) is 14.1. The Hall–Kier alpha value is -1.72. The topological polar surface area (TPSA) is 50.2 Å². The van der Waals surface area contributed by atoms with E-state index in [4.69, 9.17) is 4.98 Å². The minimum atomic E-state index is 0.0982. The van der Waals surface area contributed by atoms with Crippen LogP contribution >= 0.6 is 0 Å². The normalized spacial score (nSPS) is 17.5. The number of aromatic nitrogens is 2. The first-order valence-electron chi connectivity index (χ1n) is 8.70. The van der Waals surface area contributed by atoms with E-state index in [9.17, 15) is 4.79 Å².